The zero-order valence-corrected chi connectivity index (χ0v) is 9.25. The van der Waals surface area contributed by atoms with Crippen molar-refractivity contribution in [2.75, 3.05) is 0 Å². The maximum Gasteiger partial charge on any atom is 0.0992 e. The molecule has 0 aliphatic rings. The van der Waals surface area contributed by atoms with E-state index in [-0.39, 0.29) is 0 Å². The number of hydrogen-bond acceptors (Lipinski definition) is 1. The lowest BCUT2D eigenvalue weighted by Gasteiger charge is -2.04. The summed E-state index contributed by atoms with van der Waals surface area (Å²) in [7, 11) is 0. The van der Waals surface area contributed by atoms with Gasteiger partial charge in [0.1, 0.15) is 0 Å². The van der Waals surface area contributed by atoms with Crippen molar-refractivity contribution < 1.29 is 0 Å². The van der Waals surface area contributed by atoms with Crippen LogP contribution in [0, 0.1) is 11.3 Å². The van der Waals surface area contributed by atoms with Gasteiger partial charge in [0, 0.05) is 17.8 Å². The summed E-state index contributed by atoms with van der Waals surface area (Å²) in [5.41, 5.74) is 2.88. The summed E-state index contributed by atoms with van der Waals surface area (Å²) in [6.45, 7) is 2.95. The van der Waals surface area contributed by atoms with E-state index in [9.17, 15) is 0 Å². The Bertz CT molecular complexity index is 534. The number of fused-ring (bicyclic) bond motifs is 1. The number of nitrogens with zero attached hydrogens (tertiary/aromatic N) is 2. The molecular formula is C12H11ClN2. The minimum absolute atomic E-state index is 0.504. The van der Waals surface area contributed by atoms with Crippen molar-refractivity contribution in [2.24, 2.45) is 0 Å². The Balaban J connectivity index is 2.74. The van der Waals surface area contributed by atoms with E-state index in [1.807, 2.05) is 18.2 Å². The summed E-state index contributed by atoms with van der Waals surface area (Å²) in [4.78, 5) is 0. The smallest absolute Gasteiger partial charge is 0.0992 e. The number of aromatic nitrogens is 1. The van der Waals surface area contributed by atoms with Crippen LogP contribution in [0.15, 0.2) is 24.3 Å². The van der Waals surface area contributed by atoms with E-state index in [4.69, 9.17) is 16.9 Å². The summed E-state index contributed by atoms with van der Waals surface area (Å²) in [6.07, 6.45) is 0. The largest absolute Gasteiger partial charge is 0.344 e. The average Bonchev–Trinajstić information content (AvgIpc) is 2.65. The maximum atomic E-state index is 8.84. The number of benzene rings is 1. The van der Waals surface area contributed by atoms with Crippen LogP contribution in [0.5, 0.6) is 0 Å². The molecule has 0 saturated heterocycles. The van der Waals surface area contributed by atoms with E-state index < -0.39 is 0 Å². The number of rotatable bonds is 2. The van der Waals surface area contributed by atoms with Crippen LogP contribution in [0.4, 0.5) is 0 Å². The highest BCUT2D eigenvalue weighted by Gasteiger charge is 2.06. The average molecular weight is 219 g/mol. The Morgan fingerprint density at radius 1 is 1.40 bits per heavy atom. The van der Waals surface area contributed by atoms with Crippen LogP contribution in [0.3, 0.4) is 0 Å². The normalized spacial score (nSPS) is 10.5. The van der Waals surface area contributed by atoms with Crippen molar-refractivity contribution in [3.05, 3.63) is 35.5 Å². The van der Waals surface area contributed by atoms with Crippen molar-refractivity contribution in [3.63, 3.8) is 0 Å². The SMILES string of the molecule is CCn1c(CCl)cc2ccc(C#N)cc21. The molecule has 15 heavy (non-hydrogen) atoms. The zero-order valence-electron chi connectivity index (χ0n) is 8.50. The third-order valence-electron chi connectivity index (χ3n) is 2.57. The predicted molar refractivity (Wildman–Crippen MR) is 61.9 cm³/mol. The summed E-state index contributed by atoms with van der Waals surface area (Å²) < 4.78 is 2.14. The number of alkyl halides is 1. The van der Waals surface area contributed by atoms with Gasteiger partial charge in [-0.1, -0.05) is 6.07 Å². The standard InChI is InChI=1S/C12H11ClN2/c1-2-15-11(7-13)6-10-4-3-9(8-14)5-12(10)15/h3-6H,2,7H2,1H3. The summed E-state index contributed by atoms with van der Waals surface area (Å²) in [5.74, 6) is 0.504. The molecular weight excluding hydrogens is 208 g/mol. The van der Waals surface area contributed by atoms with Gasteiger partial charge in [-0.2, -0.15) is 5.26 Å². The molecule has 1 heterocycles. The Labute approximate surface area is 93.7 Å². The lowest BCUT2D eigenvalue weighted by atomic mass is 10.2. The van der Waals surface area contributed by atoms with Gasteiger partial charge in [0.25, 0.3) is 0 Å². The first kappa shape index (κ1) is 10.1. The van der Waals surface area contributed by atoms with Gasteiger partial charge < -0.3 is 4.57 Å². The van der Waals surface area contributed by atoms with Crippen LogP contribution in [0.2, 0.25) is 0 Å². The first-order valence-electron chi connectivity index (χ1n) is 4.88. The molecule has 0 fully saturated rings. The molecule has 2 aromatic rings. The van der Waals surface area contributed by atoms with Crippen LogP contribution in [-0.2, 0) is 12.4 Å². The van der Waals surface area contributed by atoms with E-state index in [0.717, 1.165) is 23.1 Å². The molecule has 2 nitrogen and oxygen atoms in total. The first-order chi connectivity index (χ1) is 7.30. The third-order valence-corrected chi connectivity index (χ3v) is 2.85. The monoisotopic (exact) mass is 218 g/mol. The van der Waals surface area contributed by atoms with Crippen molar-refractivity contribution in [3.8, 4) is 6.07 Å². The molecule has 0 atom stereocenters. The fourth-order valence-electron chi connectivity index (χ4n) is 1.87. The number of nitriles is 1. The highest BCUT2D eigenvalue weighted by Crippen LogP contribution is 2.22. The van der Waals surface area contributed by atoms with Crippen molar-refractivity contribution >= 4 is 22.5 Å². The lowest BCUT2D eigenvalue weighted by Crippen LogP contribution is -1.97. The van der Waals surface area contributed by atoms with Crippen molar-refractivity contribution in [2.45, 2.75) is 19.3 Å². The number of halogens is 1. The van der Waals surface area contributed by atoms with E-state index in [1.165, 1.54) is 0 Å². The fourth-order valence-corrected chi connectivity index (χ4v) is 2.09. The second-order valence-electron chi connectivity index (χ2n) is 3.40. The van der Waals surface area contributed by atoms with Gasteiger partial charge in [-0.05, 0) is 30.5 Å². The summed E-state index contributed by atoms with van der Waals surface area (Å²) in [6, 6.07) is 9.94. The van der Waals surface area contributed by atoms with Gasteiger partial charge in [-0.15, -0.1) is 11.6 Å². The molecule has 76 valence electrons. The second kappa shape index (κ2) is 3.96. The minimum atomic E-state index is 0.504. The van der Waals surface area contributed by atoms with Gasteiger partial charge in [0.05, 0.1) is 17.5 Å². The topological polar surface area (TPSA) is 28.7 Å². The molecule has 0 saturated carbocycles. The summed E-state index contributed by atoms with van der Waals surface area (Å²) in [5, 5.41) is 9.98. The molecule has 0 aliphatic heterocycles. The molecule has 3 heteroatoms. The number of hydrogen-bond donors (Lipinski definition) is 0. The Hall–Kier alpha value is -1.46. The highest BCUT2D eigenvalue weighted by atomic mass is 35.5. The molecule has 0 aliphatic carbocycles. The molecule has 1 aromatic carbocycles. The zero-order chi connectivity index (χ0) is 10.8. The van der Waals surface area contributed by atoms with Crippen LogP contribution in [0.1, 0.15) is 18.2 Å². The third kappa shape index (κ3) is 1.60. The molecule has 0 unspecified atom stereocenters. The van der Waals surface area contributed by atoms with Crippen LogP contribution in [-0.4, -0.2) is 4.57 Å². The van der Waals surface area contributed by atoms with Gasteiger partial charge in [-0.3, -0.25) is 0 Å². The van der Waals surface area contributed by atoms with Gasteiger partial charge in [0.2, 0.25) is 0 Å². The van der Waals surface area contributed by atoms with E-state index >= 15 is 0 Å². The van der Waals surface area contributed by atoms with E-state index in [0.29, 0.717) is 11.4 Å². The predicted octanol–water partition coefficient (Wildman–Crippen LogP) is 3.27. The Morgan fingerprint density at radius 3 is 2.80 bits per heavy atom. The first-order valence-corrected chi connectivity index (χ1v) is 5.41. The van der Waals surface area contributed by atoms with Crippen molar-refractivity contribution in [1.29, 1.82) is 5.26 Å². The molecule has 0 radical (unpaired) electrons. The van der Waals surface area contributed by atoms with Crippen LogP contribution >= 0.6 is 11.6 Å². The minimum Gasteiger partial charge on any atom is -0.344 e. The molecule has 0 amide bonds. The van der Waals surface area contributed by atoms with E-state index in [2.05, 4.69) is 23.6 Å². The quantitative estimate of drug-likeness (QED) is 0.712. The van der Waals surface area contributed by atoms with Crippen LogP contribution < -0.4 is 0 Å². The van der Waals surface area contributed by atoms with Gasteiger partial charge in [-0.25, -0.2) is 0 Å². The highest BCUT2D eigenvalue weighted by molar-refractivity contribution is 6.17. The van der Waals surface area contributed by atoms with Gasteiger partial charge in [0.15, 0.2) is 0 Å². The molecule has 2 rings (SSSR count). The molecule has 0 bridgehead atoms. The molecule has 1 aromatic heterocycles. The number of aryl methyl sites for hydroxylation is 1. The molecule has 0 spiro atoms. The lowest BCUT2D eigenvalue weighted by molar-refractivity contribution is 0.764. The summed E-state index contributed by atoms with van der Waals surface area (Å²) >= 11 is 5.87. The van der Waals surface area contributed by atoms with Crippen molar-refractivity contribution in [1.82, 2.24) is 4.57 Å². The van der Waals surface area contributed by atoms with Gasteiger partial charge >= 0.3 is 0 Å². The Morgan fingerprint density at radius 2 is 2.20 bits per heavy atom. The Kier molecular flexibility index (Phi) is 2.66. The fraction of sp³-hybridized carbons (Fsp3) is 0.250. The second-order valence-corrected chi connectivity index (χ2v) is 3.67. The maximum absolute atomic E-state index is 8.84. The molecule has 0 N–H and O–H groups in total. The van der Waals surface area contributed by atoms with Crippen LogP contribution in [0.25, 0.3) is 10.9 Å². The van der Waals surface area contributed by atoms with E-state index in [1.54, 1.807) is 0 Å².